The third-order valence-electron chi connectivity index (χ3n) is 3.94. The molecular formula is C15H18Cl2N4OS. The molecule has 1 aliphatic rings. The molecule has 0 aliphatic heterocycles. The van der Waals surface area contributed by atoms with Crippen molar-refractivity contribution < 1.29 is 4.79 Å². The number of rotatable bonds is 3. The molecule has 1 heterocycles. The van der Waals surface area contributed by atoms with E-state index >= 15 is 0 Å². The molecule has 8 heteroatoms. The maximum Gasteiger partial charge on any atom is 0.230 e. The predicted molar refractivity (Wildman–Crippen MR) is 96.4 cm³/mol. The zero-order chi connectivity index (χ0) is 17.4. The van der Waals surface area contributed by atoms with Crippen LogP contribution in [0.25, 0.3) is 0 Å². The monoisotopic (exact) mass is 372 g/mol. The second kappa shape index (κ2) is 6.71. The number of anilines is 1. The smallest absolute Gasteiger partial charge is 0.230 e. The van der Waals surface area contributed by atoms with Gasteiger partial charge in [0.05, 0.1) is 5.92 Å². The van der Waals surface area contributed by atoms with Gasteiger partial charge in [-0.15, -0.1) is 0 Å². The van der Waals surface area contributed by atoms with E-state index in [-0.39, 0.29) is 32.8 Å². The summed E-state index contributed by atoms with van der Waals surface area (Å²) in [5.74, 6) is -0.0431. The standard InChI is InChI=1S/C15H18Cl2N4OS/c1-7-5-8(2)19-13(18-7)21-14(23)20-12(22)11-9(6-10(16)17)15(11,3)4/h5-6,9,11H,1-4H3,(H2,18,19,20,21,22,23)/t9-,11+/m1/s1. The van der Waals surface area contributed by atoms with E-state index in [1.165, 1.54) is 0 Å². The minimum atomic E-state index is -0.227. The Morgan fingerprint density at radius 1 is 1.30 bits per heavy atom. The fourth-order valence-corrected chi connectivity index (χ4v) is 3.19. The zero-order valence-corrected chi connectivity index (χ0v) is 15.6. The van der Waals surface area contributed by atoms with Gasteiger partial charge < -0.3 is 10.6 Å². The van der Waals surface area contributed by atoms with Crippen LogP contribution in [0.1, 0.15) is 25.2 Å². The number of thiocarbonyl (C=S) groups is 1. The highest BCUT2D eigenvalue weighted by molar-refractivity contribution is 7.80. The lowest BCUT2D eigenvalue weighted by molar-refractivity contribution is -0.121. The summed E-state index contributed by atoms with van der Waals surface area (Å²) in [5.41, 5.74) is 1.43. The number of allylic oxidation sites excluding steroid dienone is 1. The first-order valence-corrected chi connectivity index (χ1v) is 8.24. The molecule has 1 saturated carbocycles. The number of nitrogens with zero attached hydrogens (tertiary/aromatic N) is 2. The third kappa shape index (κ3) is 4.40. The first-order chi connectivity index (χ1) is 10.6. The van der Waals surface area contributed by atoms with Crippen LogP contribution in [-0.2, 0) is 4.79 Å². The van der Waals surface area contributed by atoms with E-state index in [1.54, 1.807) is 6.08 Å². The van der Waals surface area contributed by atoms with Gasteiger partial charge in [0.25, 0.3) is 0 Å². The summed E-state index contributed by atoms with van der Waals surface area (Å²) >= 11 is 16.5. The van der Waals surface area contributed by atoms with Crippen molar-refractivity contribution in [2.75, 3.05) is 5.32 Å². The van der Waals surface area contributed by atoms with Gasteiger partial charge in [-0.1, -0.05) is 37.0 Å². The Morgan fingerprint density at radius 3 is 2.39 bits per heavy atom. The topological polar surface area (TPSA) is 66.9 Å². The van der Waals surface area contributed by atoms with Crippen LogP contribution in [0, 0.1) is 31.1 Å². The lowest BCUT2D eigenvalue weighted by atomic mass is 10.1. The Hall–Kier alpha value is -1.24. The molecule has 0 saturated heterocycles. The van der Waals surface area contributed by atoms with Gasteiger partial charge >= 0.3 is 0 Å². The Labute approximate surface area is 150 Å². The molecule has 1 amide bonds. The third-order valence-corrected chi connectivity index (χ3v) is 4.40. The maximum atomic E-state index is 12.4. The van der Waals surface area contributed by atoms with E-state index in [0.717, 1.165) is 11.4 Å². The molecule has 0 unspecified atom stereocenters. The molecule has 1 aromatic heterocycles. The summed E-state index contributed by atoms with van der Waals surface area (Å²) in [7, 11) is 0. The van der Waals surface area contributed by atoms with E-state index in [2.05, 4.69) is 20.6 Å². The first kappa shape index (κ1) is 18.1. The van der Waals surface area contributed by atoms with Crippen molar-refractivity contribution in [3.63, 3.8) is 0 Å². The van der Waals surface area contributed by atoms with Crippen molar-refractivity contribution in [1.29, 1.82) is 0 Å². The number of aromatic nitrogens is 2. The van der Waals surface area contributed by atoms with Crippen molar-refractivity contribution in [1.82, 2.24) is 15.3 Å². The molecule has 23 heavy (non-hydrogen) atoms. The van der Waals surface area contributed by atoms with Gasteiger partial charge in [0.2, 0.25) is 11.9 Å². The molecule has 0 radical (unpaired) electrons. The molecule has 0 aromatic carbocycles. The van der Waals surface area contributed by atoms with Gasteiger partial charge in [0.15, 0.2) is 5.11 Å². The average Bonchev–Trinajstić information content (AvgIpc) is 2.87. The van der Waals surface area contributed by atoms with Crippen LogP contribution in [-0.4, -0.2) is 21.0 Å². The maximum absolute atomic E-state index is 12.4. The van der Waals surface area contributed by atoms with Gasteiger partial charge in [0, 0.05) is 11.4 Å². The van der Waals surface area contributed by atoms with Crippen LogP contribution in [0.3, 0.4) is 0 Å². The number of carbonyl (C=O) groups is 1. The highest BCUT2D eigenvalue weighted by Gasteiger charge is 2.60. The zero-order valence-electron chi connectivity index (χ0n) is 13.3. The van der Waals surface area contributed by atoms with Gasteiger partial charge in [-0.3, -0.25) is 4.79 Å². The van der Waals surface area contributed by atoms with E-state index in [1.807, 2.05) is 33.8 Å². The summed E-state index contributed by atoms with van der Waals surface area (Å²) in [6, 6.07) is 1.85. The van der Waals surface area contributed by atoms with Crippen molar-refractivity contribution in [3.05, 3.63) is 28.0 Å². The molecular weight excluding hydrogens is 355 g/mol. The molecule has 2 atom stereocenters. The molecule has 0 spiro atoms. The van der Waals surface area contributed by atoms with E-state index in [9.17, 15) is 4.79 Å². The normalized spacial score (nSPS) is 21.3. The van der Waals surface area contributed by atoms with Crippen LogP contribution in [0.5, 0.6) is 0 Å². The lowest BCUT2D eigenvalue weighted by Gasteiger charge is -2.09. The summed E-state index contributed by atoms with van der Waals surface area (Å²) < 4.78 is 0.169. The number of amides is 1. The van der Waals surface area contributed by atoms with E-state index < -0.39 is 0 Å². The Bertz CT molecular complexity index is 666. The second-order valence-corrected chi connectivity index (χ2v) is 7.61. The minimum absolute atomic E-state index is 0.00670. The summed E-state index contributed by atoms with van der Waals surface area (Å²) in [5, 5.41) is 5.67. The molecule has 5 nitrogen and oxygen atoms in total. The number of carbonyl (C=O) groups excluding carboxylic acids is 1. The van der Waals surface area contributed by atoms with Gasteiger partial charge in [-0.25, -0.2) is 9.97 Å². The van der Waals surface area contributed by atoms with E-state index in [0.29, 0.717) is 5.95 Å². The fraction of sp³-hybridized carbons (Fsp3) is 0.467. The van der Waals surface area contributed by atoms with Crippen LogP contribution < -0.4 is 10.6 Å². The van der Waals surface area contributed by atoms with Crippen molar-refractivity contribution in [2.24, 2.45) is 17.3 Å². The number of hydrogen-bond acceptors (Lipinski definition) is 4. The first-order valence-electron chi connectivity index (χ1n) is 7.08. The van der Waals surface area contributed by atoms with Gasteiger partial charge in [0.1, 0.15) is 4.49 Å². The Balaban J connectivity index is 1.98. The molecule has 2 rings (SSSR count). The summed E-state index contributed by atoms with van der Waals surface area (Å²) in [6.07, 6.45) is 1.69. The molecule has 0 bridgehead atoms. The quantitative estimate of drug-likeness (QED) is 0.794. The van der Waals surface area contributed by atoms with Gasteiger partial charge in [-0.05, 0) is 49.5 Å². The van der Waals surface area contributed by atoms with Crippen LogP contribution >= 0.6 is 35.4 Å². The predicted octanol–water partition coefficient (Wildman–Crippen LogP) is 3.50. The van der Waals surface area contributed by atoms with Crippen molar-refractivity contribution in [3.8, 4) is 0 Å². The summed E-state index contributed by atoms with van der Waals surface area (Å²) in [6.45, 7) is 7.69. The molecule has 124 valence electrons. The molecule has 1 aliphatic carbocycles. The second-order valence-electron chi connectivity index (χ2n) is 6.20. The van der Waals surface area contributed by atoms with Gasteiger partial charge in [-0.2, -0.15) is 0 Å². The largest absolute Gasteiger partial charge is 0.303 e. The molecule has 1 fully saturated rings. The molecule has 2 N–H and O–H groups in total. The van der Waals surface area contributed by atoms with Crippen molar-refractivity contribution in [2.45, 2.75) is 27.7 Å². The fourth-order valence-electron chi connectivity index (χ4n) is 2.73. The summed E-state index contributed by atoms with van der Waals surface area (Å²) in [4.78, 5) is 20.8. The number of hydrogen-bond donors (Lipinski definition) is 2. The van der Waals surface area contributed by atoms with Crippen LogP contribution in [0.4, 0.5) is 5.95 Å². The minimum Gasteiger partial charge on any atom is -0.303 e. The number of nitrogens with one attached hydrogen (secondary N) is 2. The SMILES string of the molecule is Cc1cc(C)nc(NC(=S)NC(=O)[C@@H]2[C@@H](C=C(Cl)Cl)C2(C)C)n1. The highest BCUT2D eigenvalue weighted by atomic mass is 35.5. The Kier molecular flexibility index (Phi) is 5.28. The van der Waals surface area contributed by atoms with E-state index in [4.69, 9.17) is 35.4 Å². The number of aryl methyl sites for hydroxylation is 2. The highest BCUT2D eigenvalue weighted by Crippen LogP contribution is 2.59. The number of halogens is 2. The average molecular weight is 373 g/mol. The Morgan fingerprint density at radius 2 is 1.87 bits per heavy atom. The van der Waals surface area contributed by atoms with Crippen LogP contribution in [0.2, 0.25) is 0 Å². The van der Waals surface area contributed by atoms with Crippen molar-refractivity contribution >= 4 is 52.4 Å². The lowest BCUT2D eigenvalue weighted by Crippen LogP contribution is -2.36. The molecule has 1 aromatic rings. The van der Waals surface area contributed by atoms with Crippen LogP contribution in [0.15, 0.2) is 16.6 Å².